The molecule has 0 nitrogen and oxygen atoms in total. The number of aryl methyl sites for hydroxylation is 2. The number of rotatable bonds is 2. The van der Waals surface area contributed by atoms with E-state index in [0.717, 1.165) is 0 Å². The van der Waals surface area contributed by atoms with Crippen LogP contribution in [0.25, 0.3) is 0 Å². The Labute approximate surface area is 115 Å². The summed E-state index contributed by atoms with van der Waals surface area (Å²) in [4.78, 5) is 0. The van der Waals surface area contributed by atoms with E-state index in [2.05, 4.69) is 86.7 Å². The summed E-state index contributed by atoms with van der Waals surface area (Å²) >= 11 is 0. The first-order valence-corrected chi connectivity index (χ1v) is 6.72. The average Bonchev–Trinajstić information content (AvgIpc) is 2.90. The van der Waals surface area contributed by atoms with E-state index in [0.29, 0.717) is 0 Å². The number of hydrogen-bond acceptors (Lipinski definition) is 0. The Morgan fingerprint density at radius 1 is 0.684 bits per heavy atom. The predicted octanol–water partition coefficient (Wildman–Crippen LogP) is 4.72. The van der Waals surface area contributed by atoms with Crippen LogP contribution < -0.4 is 0 Å². The lowest BCUT2D eigenvalue weighted by Crippen LogP contribution is -2.21. The molecule has 0 spiro atoms. The van der Waals surface area contributed by atoms with E-state index in [-0.39, 0.29) is 5.41 Å². The zero-order valence-electron chi connectivity index (χ0n) is 11.4. The highest BCUT2D eigenvalue weighted by molar-refractivity contribution is 5.54. The van der Waals surface area contributed by atoms with Gasteiger partial charge in [-0.3, -0.25) is 0 Å². The maximum Gasteiger partial charge on any atom is 0.0568 e. The van der Waals surface area contributed by atoms with E-state index < -0.39 is 0 Å². The molecule has 0 fully saturated rings. The highest BCUT2D eigenvalue weighted by Gasteiger charge is 2.30. The van der Waals surface area contributed by atoms with Crippen LogP contribution in [0.1, 0.15) is 22.3 Å². The minimum atomic E-state index is -0.0975. The lowest BCUT2D eigenvalue weighted by Gasteiger charge is -2.27. The topological polar surface area (TPSA) is 0 Å². The van der Waals surface area contributed by atoms with Gasteiger partial charge in [-0.2, -0.15) is 0 Å². The van der Waals surface area contributed by atoms with Gasteiger partial charge in [-0.25, -0.2) is 0 Å². The van der Waals surface area contributed by atoms with Crippen molar-refractivity contribution in [2.24, 2.45) is 0 Å². The molecule has 1 aliphatic rings. The number of hydrogen-bond donors (Lipinski definition) is 0. The van der Waals surface area contributed by atoms with Gasteiger partial charge < -0.3 is 0 Å². The summed E-state index contributed by atoms with van der Waals surface area (Å²) in [6.45, 7) is 4.28. The van der Waals surface area contributed by atoms with Crippen LogP contribution in [0.15, 0.2) is 72.8 Å². The van der Waals surface area contributed by atoms with Gasteiger partial charge in [-0.05, 0) is 25.0 Å². The number of allylic oxidation sites excluding steroid dienone is 4. The summed E-state index contributed by atoms with van der Waals surface area (Å²) in [5.41, 5.74) is 5.17. The lowest BCUT2D eigenvalue weighted by atomic mass is 9.75. The SMILES string of the molecule is Cc1ccc(C2(c3cccc(C)c3)C=CC=C2)cc1. The fraction of sp³-hybridized carbons (Fsp3) is 0.158. The molecule has 0 saturated heterocycles. The zero-order valence-corrected chi connectivity index (χ0v) is 11.4. The van der Waals surface area contributed by atoms with Crippen molar-refractivity contribution in [3.63, 3.8) is 0 Å². The predicted molar refractivity (Wildman–Crippen MR) is 81.4 cm³/mol. The molecule has 2 aromatic carbocycles. The van der Waals surface area contributed by atoms with Crippen molar-refractivity contribution < 1.29 is 0 Å². The second-order valence-corrected chi connectivity index (χ2v) is 5.32. The number of benzene rings is 2. The van der Waals surface area contributed by atoms with Gasteiger partial charge in [0.05, 0.1) is 5.41 Å². The third kappa shape index (κ3) is 2.04. The monoisotopic (exact) mass is 246 g/mol. The Morgan fingerprint density at radius 3 is 2.00 bits per heavy atom. The Balaban J connectivity index is 2.18. The van der Waals surface area contributed by atoms with Crippen LogP contribution in [-0.2, 0) is 5.41 Å². The van der Waals surface area contributed by atoms with E-state index in [4.69, 9.17) is 0 Å². The zero-order chi connectivity index (χ0) is 13.3. The molecular weight excluding hydrogens is 228 g/mol. The minimum absolute atomic E-state index is 0.0975. The van der Waals surface area contributed by atoms with Crippen molar-refractivity contribution in [1.29, 1.82) is 0 Å². The highest BCUT2D eigenvalue weighted by atomic mass is 14.3. The Morgan fingerprint density at radius 2 is 1.37 bits per heavy atom. The molecule has 94 valence electrons. The summed E-state index contributed by atoms with van der Waals surface area (Å²) in [5.74, 6) is 0. The standard InChI is InChI=1S/C19H18/c1-15-8-10-17(11-9-15)19(12-3-4-13-19)18-7-5-6-16(2)14-18/h3-14H,1-2H3. The smallest absolute Gasteiger partial charge is 0.0568 e. The van der Waals surface area contributed by atoms with Gasteiger partial charge in [-0.1, -0.05) is 84.0 Å². The van der Waals surface area contributed by atoms with Gasteiger partial charge in [0.1, 0.15) is 0 Å². The first-order valence-electron chi connectivity index (χ1n) is 6.72. The third-order valence-corrected chi connectivity index (χ3v) is 3.85. The second-order valence-electron chi connectivity index (χ2n) is 5.32. The van der Waals surface area contributed by atoms with Crippen LogP contribution in [-0.4, -0.2) is 0 Å². The Kier molecular flexibility index (Phi) is 2.87. The van der Waals surface area contributed by atoms with E-state index in [9.17, 15) is 0 Å². The largest absolute Gasteiger partial charge is 0.0658 e. The molecule has 0 heterocycles. The van der Waals surface area contributed by atoms with Gasteiger partial charge in [-0.15, -0.1) is 0 Å². The maximum absolute atomic E-state index is 2.28. The van der Waals surface area contributed by atoms with Crippen LogP contribution in [0, 0.1) is 13.8 Å². The summed E-state index contributed by atoms with van der Waals surface area (Å²) in [6.07, 6.45) is 8.85. The molecule has 0 atom stereocenters. The second kappa shape index (κ2) is 4.55. The van der Waals surface area contributed by atoms with Crippen LogP contribution in [0.2, 0.25) is 0 Å². The van der Waals surface area contributed by atoms with Crippen molar-refractivity contribution in [2.45, 2.75) is 19.3 Å². The molecule has 0 N–H and O–H groups in total. The fourth-order valence-corrected chi connectivity index (χ4v) is 2.75. The van der Waals surface area contributed by atoms with E-state index in [1.54, 1.807) is 0 Å². The Hall–Kier alpha value is -2.08. The van der Waals surface area contributed by atoms with Gasteiger partial charge in [0, 0.05) is 0 Å². The van der Waals surface area contributed by atoms with Crippen molar-refractivity contribution in [3.05, 3.63) is 95.1 Å². The first kappa shape index (κ1) is 12.0. The average molecular weight is 246 g/mol. The summed E-state index contributed by atoms with van der Waals surface area (Å²) in [6, 6.07) is 17.6. The molecule has 2 aromatic rings. The quantitative estimate of drug-likeness (QED) is 0.719. The molecule has 0 aliphatic heterocycles. The normalized spacial score (nSPS) is 15.9. The molecule has 0 amide bonds. The molecule has 0 unspecified atom stereocenters. The van der Waals surface area contributed by atoms with Crippen LogP contribution in [0.3, 0.4) is 0 Å². The van der Waals surface area contributed by atoms with Gasteiger partial charge in [0.15, 0.2) is 0 Å². The molecule has 0 bridgehead atoms. The third-order valence-electron chi connectivity index (χ3n) is 3.85. The van der Waals surface area contributed by atoms with E-state index in [1.165, 1.54) is 22.3 Å². The molecule has 19 heavy (non-hydrogen) atoms. The van der Waals surface area contributed by atoms with Crippen molar-refractivity contribution in [3.8, 4) is 0 Å². The minimum Gasteiger partial charge on any atom is -0.0658 e. The van der Waals surface area contributed by atoms with Crippen LogP contribution in [0.5, 0.6) is 0 Å². The summed E-state index contributed by atoms with van der Waals surface area (Å²) in [7, 11) is 0. The van der Waals surface area contributed by atoms with Crippen molar-refractivity contribution in [2.75, 3.05) is 0 Å². The maximum atomic E-state index is 2.28. The summed E-state index contributed by atoms with van der Waals surface area (Å²) < 4.78 is 0. The Bertz CT molecular complexity index is 630. The highest BCUT2D eigenvalue weighted by Crippen LogP contribution is 2.38. The molecule has 1 aliphatic carbocycles. The molecule has 0 aromatic heterocycles. The van der Waals surface area contributed by atoms with Crippen molar-refractivity contribution in [1.82, 2.24) is 0 Å². The summed E-state index contributed by atoms with van der Waals surface area (Å²) in [5, 5.41) is 0. The van der Waals surface area contributed by atoms with Crippen LogP contribution >= 0.6 is 0 Å². The van der Waals surface area contributed by atoms with Gasteiger partial charge in [0.25, 0.3) is 0 Å². The molecule has 0 radical (unpaired) electrons. The molecule has 0 heteroatoms. The van der Waals surface area contributed by atoms with E-state index >= 15 is 0 Å². The molecule has 0 saturated carbocycles. The fourth-order valence-electron chi connectivity index (χ4n) is 2.75. The molecule has 3 rings (SSSR count). The van der Waals surface area contributed by atoms with Crippen LogP contribution in [0.4, 0.5) is 0 Å². The molecular formula is C19H18. The van der Waals surface area contributed by atoms with Crippen molar-refractivity contribution >= 4 is 0 Å². The lowest BCUT2D eigenvalue weighted by molar-refractivity contribution is 0.826. The van der Waals surface area contributed by atoms with Gasteiger partial charge in [0.2, 0.25) is 0 Å². The first-order chi connectivity index (χ1) is 9.21. The van der Waals surface area contributed by atoms with E-state index in [1.807, 2.05) is 0 Å². The van der Waals surface area contributed by atoms with Gasteiger partial charge >= 0.3 is 0 Å².